The molecule has 9 heteroatoms. The van der Waals surface area contributed by atoms with Crippen molar-refractivity contribution in [3.05, 3.63) is 30.4 Å². The summed E-state index contributed by atoms with van der Waals surface area (Å²) in [5.41, 5.74) is 1.56. The van der Waals surface area contributed by atoms with Gasteiger partial charge in [-0.3, -0.25) is 19.0 Å². The fraction of sp³-hybridized carbons (Fsp3) is 0.529. The number of amides is 1. The van der Waals surface area contributed by atoms with Crippen LogP contribution in [0, 0.1) is 11.8 Å². The number of anilines is 1. The van der Waals surface area contributed by atoms with Crippen molar-refractivity contribution in [3.8, 4) is 0 Å². The summed E-state index contributed by atoms with van der Waals surface area (Å²) in [6, 6.07) is 0. The largest absolute Gasteiger partial charge is 0.481 e. The third-order valence-electron chi connectivity index (χ3n) is 5.12. The number of carboxylic acid groups (broad SMARTS) is 1. The molecule has 0 spiro atoms. The second kappa shape index (κ2) is 6.56. The van der Waals surface area contributed by atoms with Crippen LogP contribution in [0.25, 0.3) is 0 Å². The van der Waals surface area contributed by atoms with E-state index in [-0.39, 0.29) is 18.1 Å². The molecule has 4 atom stereocenters. The maximum absolute atomic E-state index is 12.6. The van der Waals surface area contributed by atoms with E-state index in [1.807, 2.05) is 17.8 Å². The number of aromatic nitrogens is 4. The molecule has 1 amide bonds. The molecule has 2 aromatic rings. The molecule has 2 aromatic heterocycles. The number of carboxylic acids is 1. The maximum atomic E-state index is 12.6. The molecule has 2 fully saturated rings. The van der Waals surface area contributed by atoms with Crippen molar-refractivity contribution < 1.29 is 19.4 Å². The van der Waals surface area contributed by atoms with Gasteiger partial charge >= 0.3 is 5.97 Å². The fourth-order valence-electron chi connectivity index (χ4n) is 3.91. The predicted octanol–water partition coefficient (Wildman–Crippen LogP) is 0.964. The Hall–Kier alpha value is -2.68. The van der Waals surface area contributed by atoms with Crippen LogP contribution >= 0.6 is 0 Å². The van der Waals surface area contributed by atoms with Crippen molar-refractivity contribution in [3.63, 3.8) is 0 Å². The molecule has 0 unspecified atom stereocenters. The summed E-state index contributed by atoms with van der Waals surface area (Å²) < 4.78 is 9.19. The van der Waals surface area contributed by atoms with E-state index >= 15 is 0 Å². The van der Waals surface area contributed by atoms with Crippen LogP contribution in [-0.4, -0.2) is 48.8 Å². The highest BCUT2D eigenvalue weighted by Gasteiger charge is 2.55. The van der Waals surface area contributed by atoms with Crippen LogP contribution in [0.15, 0.2) is 24.8 Å². The van der Waals surface area contributed by atoms with Crippen LogP contribution in [0.5, 0.6) is 0 Å². The first-order chi connectivity index (χ1) is 12.5. The monoisotopic (exact) mass is 359 g/mol. The zero-order valence-electron chi connectivity index (χ0n) is 14.4. The van der Waals surface area contributed by atoms with Gasteiger partial charge in [-0.05, 0) is 19.8 Å². The molecule has 26 heavy (non-hydrogen) atoms. The molecule has 0 aliphatic carbocycles. The smallest absolute Gasteiger partial charge is 0.310 e. The van der Waals surface area contributed by atoms with Gasteiger partial charge in [0.2, 0.25) is 5.91 Å². The van der Waals surface area contributed by atoms with Gasteiger partial charge < -0.3 is 15.2 Å². The van der Waals surface area contributed by atoms with E-state index in [0.717, 1.165) is 18.5 Å². The van der Waals surface area contributed by atoms with Crippen molar-refractivity contribution in [2.75, 3.05) is 5.32 Å². The van der Waals surface area contributed by atoms with Gasteiger partial charge in [-0.2, -0.15) is 10.2 Å². The Bertz CT molecular complexity index is 829. The normalized spacial score (nSPS) is 27.0. The Balaban J connectivity index is 1.42. The minimum absolute atomic E-state index is 0.309. The highest BCUT2D eigenvalue weighted by Crippen LogP contribution is 2.44. The minimum Gasteiger partial charge on any atom is -0.481 e. The molecule has 2 bridgehead atoms. The first kappa shape index (κ1) is 16.8. The van der Waals surface area contributed by atoms with E-state index in [4.69, 9.17) is 4.74 Å². The number of nitrogens with one attached hydrogen (secondary N) is 1. The van der Waals surface area contributed by atoms with Gasteiger partial charge in [-0.1, -0.05) is 0 Å². The third-order valence-corrected chi connectivity index (χ3v) is 5.12. The molecule has 2 N–H and O–H groups in total. The summed E-state index contributed by atoms with van der Waals surface area (Å²) in [7, 11) is 0. The molecule has 0 saturated carbocycles. The number of rotatable bonds is 6. The first-order valence-electron chi connectivity index (χ1n) is 8.78. The Morgan fingerprint density at radius 1 is 1.19 bits per heavy atom. The Morgan fingerprint density at radius 2 is 1.92 bits per heavy atom. The summed E-state index contributed by atoms with van der Waals surface area (Å²) >= 11 is 0. The maximum Gasteiger partial charge on any atom is 0.310 e. The lowest BCUT2D eigenvalue weighted by atomic mass is 9.78. The van der Waals surface area contributed by atoms with Crippen LogP contribution in [0.2, 0.25) is 0 Å². The van der Waals surface area contributed by atoms with Gasteiger partial charge in [0, 0.05) is 24.5 Å². The average molecular weight is 359 g/mol. The molecule has 4 rings (SSSR count). The van der Waals surface area contributed by atoms with Gasteiger partial charge in [0.15, 0.2) is 0 Å². The molecule has 138 valence electrons. The van der Waals surface area contributed by atoms with E-state index in [1.165, 1.54) is 0 Å². The topological polar surface area (TPSA) is 111 Å². The van der Waals surface area contributed by atoms with E-state index in [0.29, 0.717) is 18.7 Å². The number of hydrogen-bond acceptors (Lipinski definition) is 5. The number of fused-ring (bicyclic) bond motifs is 2. The summed E-state index contributed by atoms with van der Waals surface area (Å²) in [4.78, 5) is 24.1. The molecule has 2 aliphatic heterocycles. The Morgan fingerprint density at radius 3 is 2.62 bits per heavy atom. The number of carbonyl (C=O) groups is 2. The van der Waals surface area contributed by atoms with Gasteiger partial charge in [0.1, 0.15) is 0 Å². The number of carbonyl (C=O) groups excluding carboxylic acids is 1. The lowest BCUT2D eigenvalue weighted by molar-refractivity contribution is -0.147. The second-order valence-electron chi connectivity index (χ2n) is 6.80. The van der Waals surface area contributed by atoms with E-state index in [1.54, 1.807) is 23.3 Å². The third kappa shape index (κ3) is 2.98. The summed E-state index contributed by atoms with van der Waals surface area (Å²) in [5.74, 6) is -2.72. The highest BCUT2D eigenvalue weighted by molar-refractivity contribution is 5.96. The van der Waals surface area contributed by atoms with Crippen molar-refractivity contribution >= 4 is 17.6 Å². The Kier molecular flexibility index (Phi) is 4.23. The van der Waals surface area contributed by atoms with Crippen LogP contribution < -0.4 is 5.32 Å². The molecular weight excluding hydrogens is 338 g/mol. The number of aryl methyl sites for hydroxylation is 1. The van der Waals surface area contributed by atoms with Gasteiger partial charge in [-0.15, -0.1) is 0 Å². The summed E-state index contributed by atoms with van der Waals surface area (Å²) in [5, 5.41) is 20.7. The number of ether oxygens (including phenoxy) is 1. The summed E-state index contributed by atoms with van der Waals surface area (Å²) in [6.45, 7) is 3.36. The van der Waals surface area contributed by atoms with E-state index < -0.39 is 17.8 Å². The van der Waals surface area contributed by atoms with Crippen molar-refractivity contribution in [2.45, 2.75) is 45.1 Å². The Labute approximate surface area is 149 Å². The molecule has 0 aromatic carbocycles. The van der Waals surface area contributed by atoms with Crippen LogP contribution in [0.1, 0.15) is 25.3 Å². The SMILES string of the molecule is CCn1cc(Cn2cc(NC(=O)[C@@H]3[C@H](C(=O)O)[C@H]4CC[C@H]3O4)cn2)cn1. The van der Waals surface area contributed by atoms with Crippen molar-refractivity contribution in [1.29, 1.82) is 0 Å². The van der Waals surface area contributed by atoms with Crippen LogP contribution in [0.4, 0.5) is 5.69 Å². The lowest BCUT2D eigenvalue weighted by Crippen LogP contribution is -2.40. The van der Waals surface area contributed by atoms with Crippen molar-refractivity contribution in [1.82, 2.24) is 19.6 Å². The standard InChI is InChI=1S/C17H21N5O4/c1-2-21-7-10(5-18-21)8-22-9-11(6-19-22)20-16(23)14-12-3-4-13(26-12)15(14)17(24)25/h5-7,9,12-15H,2-4,8H2,1H3,(H,20,23)(H,24,25)/t12-,13-,14+,15-/m1/s1. The molecule has 9 nitrogen and oxygen atoms in total. The number of nitrogens with zero attached hydrogens (tertiary/aromatic N) is 4. The van der Waals surface area contributed by atoms with Gasteiger partial charge in [0.05, 0.1) is 48.7 Å². The van der Waals surface area contributed by atoms with Crippen LogP contribution in [0.3, 0.4) is 0 Å². The van der Waals surface area contributed by atoms with Crippen LogP contribution in [-0.2, 0) is 27.4 Å². The quantitative estimate of drug-likeness (QED) is 0.795. The average Bonchev–Trinajstić information content (AvgIpc) is 3.38. The molecular formula is C17H21N5O4. The lowest BCUT2D eigenvalue weighted by Gasteiger charge is -2.23. The predicted molar refractivity (Wildman–Crippen MR) is 90.4 cm³/mol. The van der Waals surface area contributed by atoms with E-state index in [9.17, 15) is 14.7 Å². The molecule has 2 aliphatic rings. The highest BCUT2D eigenvalue weighted by atomic mass is 16.5. The molecule has 0 radical (unpaired) electrons. The number of aliphatic carboxylic acids is 1. The fourth-order valence-corrected chi connectivity index (χ4v) is 3.91. The second-order valence-corrected chi connectivity index (χ2v) is 6.80. The van der Waals surface area contributed by atoms with E-state index in [2.05, 4.69) is 15.5 Å². The number of hydrogen-bond donors (Lipinski definition) is 2. The minimum atomic E-state index is -0.971. The molecule has 2 saturated heterocycles. The van der Waals surface area contributed by atoms with Gasteiger partial charge in [0.25, 0.3) is 0 Å². The zero-order chi connectivity index (χ0) is 18.3. The zero-order valence-corrected chi connectivity index (χ0v) is 14.4. The van der Waals surface area contributed by atoms with Gasteiger partial charge in [-0.25, -0.2) is 0 Å². The summed E-state index contributed by atoms with van der Waals surface area (Å²) in [6.07, 6.45) is 7.79. The van der Waals surface area contributed by atoms with Crippen molar-refractivity contribution in [2.24, 2.45) is 11.8 Å². The first-order valence-corrected chi connectivity index (χ1v) is 8.78. The molecule has 4 heterocycles.